The molecule has 1 amide bonds. The highest BCUT2D eigenvalue weighted by Gasteiger charge is 2.31. The van der Waals surface area contributed by atoms with Crippen LogP contribution in [0.25, 0.3) is 0 Å². The minimum atomic E-state index is -3.57. The van der Waals surface area contributed by atoms with E-state index in [9.17, 15) is 18.0 Å². The van der Waals surface area contributed by atoms with Crippen LogP contribution in [-0.2, 0) is 10.0 Å². The van der Waals surface area contributed by atoms with Crippen LogP contribution in [0.15, 0.2) is 53.4 Å². The van der Waals surface area contributed by atoms with E-state index in [1.807, 2.05) is 0 Å². The minimum Gasteiger partial charge on any atom is -0.322 e. The van der Waals surface area contributed by atoms with Gasteiger partial charge >= 0.3 is 0 Å². The van der Waals surface area contributed by atoms with Crippen molar-refractivity contribution in [3.8, 4) is 0 Å². The lowest BCUT2D eigenvalue weighted by Crippen LogP contribution is -2.42. The van der Waals surface area contributed by atoms with Gasteiger partial charge in [0.25, 0.3) is 5.91 Å². The molecule has 0 aromatic heterocycles. The number of hydrogen-bond acceptors (Lipinski definition) is 4. The molecule has 0 aliphatic carbocycles. The maximum atomic E-state index is 12.9. The van der Waals surface area contributed by atoms with Crippen molar-refractivity contribution in [2.45, 2.75) is 32.1 Å². The Bertz CT molecular complexity index is 988. The molecule has 3 rings (SSSR count). The predicted octanol–water partition coefficient (Wildman–Crippen LogP) is 3.81. The first kappa shape index (κ1) is 21.2. The van der Waals surface area contributed by atoms with Crippen LogP contribution in [0.3, 0.4) is 0 Å². The maximum absolute atomic E-state index is 12.9. The SMILES string of the molecule is CC(=O)c1ccc(NC(=O)c2ccc(S(=O)(=O)N3CC(C)CC(C)C3)cc2)cc1. The molecule has 2 aromatic carbocycles. The van der Waals surface area contributed by atoms with E-state index < -0.39 is 10.0 Å². The Morgan fingerprint density at radius 3 is 1.93 bits per heavy atom. The van der Waals surface area contributed by atoms with E-state index in [-0.39, 0.29) is 16.6 Å². The van der Waals surface area contributed by atoms with Crippen LogP contribution in [0, 0.1) is 11.8 Å². The van der Waals surface area contributed by atoms with E-state index in [4.69, 9.17) is 0 Å². The number of carbonyl (C=O) groups is 2. The van der Waals surface area contributed by atoms with Crippen molar-refractivity contribution >= 4 is 27.4 Å². The van der Waals surface area contributed by atoms with E-state index in [2.05, 4.69) is 19.2 Å². The van der Waals surface area contributed by atoms with Crippen molar-refractivity contribution in [3.05, 3.63) is 59.7 Å². The summed E-state index contributed by atoms with van der Waals surface area (Å²) in [4.78, 5) is 24.0. The lowest BCUT2D eigenvalue weighted by atomic mass is 9.94. The number of carbonyl (C=O) groups excluding carboxylic acids is 2. The number of rotatable bonds is 5. The van der Waals surface area contributed by atoms with Gasteiger partial charge in [0.05, 0.1) is 4.90 Å². The van der Waals surface area contributed by atoms with Gasteiger partial charge in [0.15, 0.2) is 5.78 Å². The number of sulfonamides is 1. The molecule has 7 heteroatoms. The molecular weight excluding hydrogens is 388 g/mol. The summed E-state index contributed by atoms with van der Waals surface area (Å²) >= 11 is 0. The zero-order chi connectivity index (χ0) is 21.2. The van der Waals surface area contributed by atoms with Gasteiger partial charge < -0.3 is 5.32 Å². The number of ketones is 1. The molecule has 0 bridgehead atoms. The number of anilines is 1. The lowest BCUT2D eigenvalue weighted by Gasteiger charge is -2.34. The van der Waals surface area contributed by atoms with Gasteiger partial charge in [0.2, 0.25) is 10.0 Å². The highest BCUT2D eigenvalue weighted by molar-refractivity contribution is 7.89. The van der Waals surface area contributed by atoms with Gasteiger partial charge in [-0.2, -0.15) is 4.31 Å². The first-order chi connectivity index (χ1) is 13.7. The number of nitrogens with one attached hydrogen (secondary N) is 1. The minimum absolute atomic E-state index is 0.0443. The zero-order valence-electron chi connectivity index (χ0n) is 16.9. The lowest BCUT2D eigenvalue weighted by molar-refractivity contribution is 0.101. The second-order valence-electron chi connectivity index (χ2n) is 7.88. The standard InChI is InChI=1S/C22H26N2O4S/c1-15-12-16(2)14-24(13-15)29(27,28)21-10-6-19(7-11-21)22(26)23-20-8-4-18(5-9-20)17(3)25/h4-11,15-16H,12-14H2,1-3H3,(H,23,26). The number of amides is 1. The molecule has 1 heterocycles. The average molecular weight is 415 g/mol. The topological polar surface area (TPSA) is 83.5 Å². The van der Waals surface area contributed by atoms with Crippen molar-refractivity contribution in [3.63, 3.8) is 0 Å². The van der Waals surface area contributed by atoms with Crippen LogP contribution in [0.4, 0.5) is 5.69 Å². The Kier molecular flexibility index (Phi) is 6.19. The molecule has 1 aliphatic rings. The summed E-state index contributed by atoms with van der Waals surface area (Å²) in [6.45, 7) is 6.65. The van der Waals surface area contributed by atoms with E-state index >= 15 is 0 Å². The summed E-state index contributed by atoms with van der Waals surface area (Å²) in [5, 5.41) is 2.75. The zero-order valence-corrected chi connectivity index (χ0v) is 17.7. The molecule has 1 saturated heterocycles. The van der Waals surface area contributed by atoms with E-state index in [0.29, 0.717) is 41.7 Å². The summed E-state index contributed by atoms with van der Waals surface area (Å²) in [6, 6.07) is 12.6. The summed E-state index contributed by atoms with van der Waals surface area (Å²) in [6.07, 6.45) is 1.03. The van der Waals surface area contributed by atoms with Crippen LogP contribution in [0.1, 0.15) is 47.9 Å². The van der Waals surface area contributed by atoms with Gasteiger partial charge in [0.1, 0.15) is 0 Å². The van der Waals surface area contributed by atoms with Gasteiger partial charge in [-0.15, -0.1) is 0 Å². The third kappa shape index (κ3) is 4.92. The number of Topliss-reactive ketones (excluding diaryl/α,β-unsaturated/α-hetero) is 1. The molecule has 0 saturated carbocycles. The number of piperidine rings is 1. The van der Waals surface area contributed by atoms with Gasteiger partial charge in [-0.1, -0.05) is 13.8 Å². The average Bonchev–Trinajstić information content (AvgIpc) is 2.67. The van der Waals surface area contributed by atoms with Gasteiger partial charge in [-0.25, -0.2) is 8.42 Å². The molecular formula is C22H26N2O4S. The molecule has 6 nitrogen and oxygen atoms in total. The Morgan fingerprint density at radius 2 is 1.41 bits per heavy atom. The normalized spacial score (nSPS) is 20.2. The fourth-order valence-electron chi connectivity index (χ4n) is 3.72. The fourth-order valence-corrected chi connectivity index (χ4v) is 5.40. The quantitative estimate of drug-likeness (QED) is 0.754. The van der Waals surface area contributed by atoms with Crippen molar-refractivity contribution in [1.82, 2.24) is 4.31 Å². The maximum Gasteiger partial charge on any atom is 0.255 e. The van der Waals surface area contributed by atoms with Gasteiger partial charge in [-0.05, 0) is 73.7 Å². The van der Waals surface area contributed by atoms with Crippen LogP contribution in [0.2, 0.25) is 0 Å². The molecule has 1 N–H and O–H groups in total. The molecule has 1 aliphatic heterocycles. The molecule has 1 fully saturated rings. The third-order valence-electron chi connectivity index (χ3n) is 5.14. The van der Waals surface area contributed by atoms with Crippen LogP contribution < -0.4 is 5.32 Å². The van der Waals surface area contributed by atoms with Crippen LogP contribution in [-0.4, -0.2) is 37.5 Å². The molecule has 2 atom stereocenters. The summed E-state index contributed by atoms with van der Waals surface area (Å²) in [7, 11) is -3.57. The Morgan fingerprint density at radius 1 is 0.897 bits per heavy atom. The fraction of sp³-hybridized carbons (Fsp3) is 0.364. The number of hydrogen-bond donors (Lipinski definition) is 1. The van der Waals surface area contributed by atoms with Gasteiger partial charge in [-0.3, -0.25) is 9.59 Å². The third-order valence-corrected chi connectivity index (χ3v) is 6.98. The van der Waals surface area contributed by atoms with E-state index in [1.165, 1.54) is 35.5 Å². The van der Waals surface area contributed by atoms with Crippen molar-refractivity contribution < 1.29 is 18.0 Å². The molecule has 0 radical (unpaired) electrons. The van der Waals surface area contributed by atoms with Crippen LogP contribution in [0.5, 0.6) is 0 Å². The Hall–Kier alpha value is -2.51. The second kappa shape index (κ2) is 8.47. The highest BCUT2D eigenvalue weighted by Crippen LogP contribution is 2.26. The first-order valence-electron chi connectivity index (χ1n) is 9.69. The molecule has 2 aromatic rings. The summed E-state index contributed by atoms with van der Waals surface area (Å²) in [5.74, 6) is 0.267. The molecule has 0 spiro atoms. The van der Waals surface area contributed by atoms with E-state index in [0.717, 1.165) is 6.42 Å². The summed E-state index contributed by atoms with van der Waals surface area (Å²) in [5.41, 5.74) is 1.49. The van der Waals surface area contributed by atoms with Crippen molar-refractivity contribution in [2.24, 2.45) is 11.8 Å². The van der Waals surface area contributed by atoms with Gasteiger partial charge in [0, 0.05) is 29.9 Å². The first-order valence-corrected chi connectivity index (χ1v) is 11.1. The Labute approximate surface area is 172 Å². The molecule has 29 heavy (non-hydrogen) atoms. The number of benzene rings is 2. The Balaban J connectivity index is 1.72. The highest BCUT2D eigenvalue weighted by atomic mass is 32.2. The number of nitrogens with zero attached hydrogens (tertiary/aromatic N) is 1. The second-order valence-corrected chi connectivity index (χ2v) is 9.82. The van der Waals surface area contributed by atoms with Crippen molar-refractivity contribution in [2.75, 3.05) is 18.4 Å². The summed E-state index contributed by atoms with van der Waals surface area (Å²) < 4.78 is 27.4. The predicted molar refractivity (Wildman–Crippen MR) is 113 cm³/mol. The van der Waals surface area contributed by atoms with E-state index in [1.54, 1.807) is 24.3 Å². The van der Waals surface area contributed by atoms with Crippen LogP contribution >= 0.6 is 0 Å². The molecule has 2 unspecified atom stereocenters. The largest absolute Gasteiger partial charge is 0.322 e. The monoisotopic (exact) mass is 414 g/mol. The smallest absolute Gasteiger partial charge is 0.255 e. The molecule has 154 valence electrons. The van der Waals surface area contributed by atoms with Crippen molar-refractivity contribution in [1.29, 1.82) is 0 Å².